The molecule has 1 heterocycles. The van der Waals surface area contributed by atoms with E-state index in [-0.39, 0.29) is 28.6 Å². The second kappa shape index (κ2) is 9.20. The predicted octanol–water partition coefficient (Wildman–Crippen LogP) is -1.26. The van der Waals surface area contributed by atoms with Gasteiger partial charge in [0.25, 0.3) is 0 Å². The van der Waals surface area contributed by atoms with Gasteiger partial charge < -0.3 is 27.4 Å². The molecule has 0 aliphatic heterocycles. The van der Waals surface area contributed by atoms with Gasteiger partial charge in [-0.1, -0.05) is 12.1 Å². The van der Waals surface area contributed by atoms with E-state index in [4.69, 9.17) is 0 Å². The Morgan fingerprint density at radius 3 is 2.41 bits per heavy atom. The standard InChI is InChI=1S/C17H20N2O2.BrH/c1-14-7-11-19(12-8-14)13-9-17(21)18-10-6-15-2-4-16(20)5-3-15;/h2-5,7-8,11-12H,6,9-10,13H2,1H3,(H-,18,20,21);1H. The third kappa shape index (κ3) is 6.26. The Kier molecular flexibility index (Phi) is 7.60. The number of aryl methyl sites for hydroxylation is 2. The highest BCUT2D eigenvalue weighted by Crippen LogP contribution is 2.09. The second-order valence-electron chi connectivity index (χ2n) is 5.13. The number of nitrogens with zero attached hydrogens (tertiary/aromatic N) is 1. The number of halogens is 1. The fourth-order valence-electron chi connectivity index (χ4n) is 2.01. The molecular weight excluding hydrogens is 344 g/mol. The first-order valence-electron chi connectivity index (χ1n) is 7.14. The number of carbonyl (C=O) groups is 1. The maximum absolute atomic E-state index is 11.8. The first-order valence-corrected chi connectivity index (χ1v) is 7.14. The molecule has 4 nitrogen and oxygen atoms in total. The fourth-order valence-corrected chi connectivity index (χ4v) is 2.01. The van der Waals surface area contributed by atoms with Crippen molar-refractivity contribution >= 4 is 5.91 Å². The van der Waals surface area contributed by atoms with E-state index in [1.165, 1.54) is 5.56 Å². The lowest BCUT2D eigenvalue weighted by molar-refractivity contribution is -0.695. The maximum atomic E-state index is 11.8. The molecule has 0 saturated heterocycles. The van der Waals surface area contributed by atoms with Gasteiger partial charge in [-0.05, 0) is 36.6 Å². The van der Waals surface area contributed by atoms with E-state index in [9.17, 15) is 9.90 Å². The summed E-state index contributed by atoms with van der Waals surface area (Å²) < 4.78 is 2.01. The minimum absolute atomic E-state index is 0. The number of amides is 1. The molecule has 22 heavy (non-hydrogen) atoms. The van der Waals surface area contributed by atoms with Crippen LogP contribution in [0.3, 0.4) is 0 Å². The lowest BCUT2D eigenvalue weighted by atomic mass is 10.1. The average molecular weight is 365 g/mol. The van der Waals surface area contributed by atoms with Gasteiger partial charge >= 0.3 is 0 Å². The highest BCUT2D eigenvalue weighted by Gasteiger charge is 2.06. The molecule has 0 radical (unpaired) electrons. The smallest absolute Gasteiger partial charge is 0.226 e. The van der Waals surface area contributed by atoms with Crippen LogP contribution < -0.4 is 26.9 Å². The highest BCUT2D eigenvalue weighted by atomic mass is 79.9. The molecule has 0 saturated carbocycles. The molecule has 0 atom stereocenters. The summed E-state index contributed by atoms with van der Waals surface area (Å²) in [5.41, 5.74) is 2.31. The number of carbonyl (C=O) groups excluding carboxylic acids is 1. The minimum atomic E-state index is 0. The molecule has 1 aromatic carbocycles. The molecule has 2 aromatic rings. The van der Waals surface area contributed by atoms with Crippen LogP contribution in [0.25, 0.3) is 0 Å². The van der Waals surface area contributed by atoms with Crippen LogP contribution in [-0.2, 0) is 17.8 Å². The summed E-state index contributed by atoms with van der Waals surface area (Å²) in [6.07, 6.45) is 5.21. The first-order chi connectivity index (χ1) is 10.1. The fraction of sp³-hybridized carbons (Fsp3) is 0.294. The van der Waals surface area contributed by atoms with Crippen LogP contribution in [0, 0.1) is 6.92 Å². The van der Waals surface area contributed by atoms with Crippen LogP contribution in [0.2, 0.25) is 0 Å². The maximum Gasteiger partial charge on any atom is 0.226 e. The van der Waals surface area contributed by atoms with Gasteiger partial charge in [-0.2, -0.15) is 0 Å². The van der Waals surface area contributed by atoms with Crippen molar-refractivity contribution in [3.05, 3.63) is 59.9 Å². The van der Waals surface area contributed by atoms with Crippen molar-refractivity contribution in [2.45, 2.75) is 26.3 Å². The number of phenolic OH excluding ortho intramolecular Hbond substituents is 1. The molecular formula is C17H21BrN2O2. The Balaban J connectivity index is 0.00000242. The Morgan fingerprint density at radius 1 is 1.14 bits per heavy atom. The SMILES string of the molecule is Cc1cc[n+](CCC(=O)NCCc2ccc(O)cc2)cc1.[Br-]. The van der Waals surface area contributed by atoms with Gasteiger partial charge in [-0.25, -0.2) is 4.57 Å². The van der Waals surface area contributed by atoms with E-state index >= 15 is 0 Å². The summed E-state index contributed by atoms with van der Waals surface area (Å²) in [5.74, 6) is 0.319. The highest BCUT2D eigenvalue weighted by molar-refractivity contribution is 5.75. The Morgan fingerprint density at radius 2 is 1.77 bits per heavy atom. The monoisotopic (exact) mass is 364 g/mol. The van der Waals surface area contributed by atoms with Gasteiger partial charge in [0.15, 0.2) is 18.9 Å². The van der Waals surface area contributed by atoms with Crippen molar-refractivity contribution in [3.63, 3.8) is 0 Å². The Labute approximate surface area is 141 Å². The molecule has 0 aliphatic carbocycles. The third-order valence-electron chi connectivity index (χ3n) is 3.33. The number of hydrogen-bond donors (Lipinski definition) is 2. The third-order valence-corrected chi connectivity index (χ3v) is 3.33. The Bertz CT molecular complexity index is 583. The molecule has 0 unspecified atom stereocenters. The molecule has 5 heteroatoms. The van der Waals surface area contributed by atoms with E-state index in [2.05, 4.69) is 5.32 Å². The summed E-state index contributed by atoms with van der Waals surface area (Å²) in [6, 6.07) is 11.1. The minimum Gasteiger partial charge on any atom is -1.00 e. The van der Waals surface area contributed by atoms with Crippen LogP contribution in [0.15, 0.2) is 48.8 Å². The van der Waals surface area contributed by atoms with Gasteiger partial charge in [-0.15, -0.1) is 0 Å². The number of phenols is 1. The van der Waals surface area contributed by atoms with Gasteiger partial charge in [0, 0.05) is 18.7 Å². The van der Waals surface area contributed by atoms with E-state index < -0.39 is 0 Å². The summed E-state index contributed by atoms with van der Waals surface area (Å²) in [6.45, 7) is 3.34. The van der Waals surface area contributed by atoms with Crippen LogP contribution in [-0.4, -0.2) is 17.6 Å². The summed E-state index contributed by atoms with van der Waals surface area (Å²) >= 11 is 0. The van der Waals surface area contributed by atoms with E-state index in [0.29, 0.717) is 19.5 Å². The Hall–Kier alpha value is -1.88. The quantitative estimate of drug-likeness (QED) is 0.628. The van der Waals surface area contributed by atoms with Crippen molar-refractivity contribution in [1.29, 1.82) is 0 Å². The van der Waals surface area contributed by atoms with Crippen LogP contribution in [0.5, 0.6) is 5.75 Å². The molecule has 2 rings (SSSR count). The number of benzene rings is 1. The van der Waals surface area contributed by atoms with Crippen LogP contribution >= 0.6 is 0 Å². The zero-order valence-corrected chi connectivity index (χ0v) is 14.2. The second-order valence-corrected chi connectivity index (χ2v) is 5.13. The van der Waals surface area contributed by atoms with E-state index in [0.717, 1.165) is 12.0 Å². The summed E-state index contributed by atoms with van der Waals surface area (Å²) in [7, 11) is 0. The number of aromatic hydroxyl groups is 1. The first kappa shape index (κ1) is 18.2. The topological polar surface area (TPSA) is 53.2 Å². The summed E-state index contributed by atoms with van der Waals surface area (Å²) in [4.78, 5) is 11.8. The number of aromatic nitrogens is 1. The van der Waals surface area contributed by atoms with Crippen molar-refractivity contribution in [2.24, 2.45) is 0 Å². The molecule has 0 bridgehead atoms. The van der Waals surface area contributed by atoms with Crippen molar-refractivity contribution in [3.8, 4) is 5.75 Å². The summed E-state index contributed by atoms with van der Waals surface area (Å²) in [5, 5.41) is 12.1. The lowest BCUT2D eigenvalue weighted by Gasteiger charge is -2.04. The van der Waals surface area contributed by atoms with Crippen LogP contribution in [0.4, 0.5) is 0 Å². The zero-order chi connectivity index (χ0) is 15.1. The molecule has 2 N–H and O–H groups in total. The van der Waals surface area contributed by atoms with Crippen LogP contribution in [0.1, 0.15) is 17.5 Å². The van der Waals surface area contributed by atoms with Gasteiger partial charge in [0.05, 0.1) is 6.42 Å². The predicted molar refractivity (Wildman–Crippen MR) is 80.8 cm³/mol. The number of nitrogens with one attached hydrogen (secondary N) is 1. The average Bonchev–Trinajstić information content (AvgIpc) is 2.49. The normalized spacial score (nSPS) is 9.86. The number of hydrogen-bond acceptors (Lipinski definition) is 2. The van der Waals surface area contributed by atoms with E-state index in [1.54, 1.807) is 12.1 Å². The van der Waals surface area contributed by atoms with Crippen molar-refractivity contribution in [1.82, 2.24) is 5.32 Å². The molecule has 118 valence electrons. The van der Waals surface area contributed by atoms with Gasteiger partial charge in [-0.3, -0.25) is 4.79 Å². The number of pyridine rings is 1. The molecule has 1 amide bonds. The molecule has 0 aliphatic rings. The van der Waals surface area contributed by atoms with E-state index in [1.807, 2.05) is 48.1 Å². The van der Waals surface area contributed by atoms with Crippen molar-refractivity contribution < 1.29 is 31.4 Å². The molecule has 0 spiro atoms. The number of rotatable bonds is 6. The van der Waals surface area contributed by atoms with Gasteiger partial charge in [0.1, 0.15) is 5.75 Å². The van der Waals surface area contributed by atoms with Gasteiger partial charge in [0.2, 0.25) is 5.91 Å². The largest absolute Gasteiger partial charge is 1.00 e. The zero-order valence-electron chi connectivity index (χ0n) is 12.6. The molecule has 0 fully saturated rings. The van der Waals surface area contributed by atoms with Crippen molar-refractivity contribution in [2.75, 3.05) is 6.54 Å². The lowest BCUT2D eigenvalue weighted by Crippen LogP contribution is -3.00. The molecule has 1 aromatic heterocycles.